The molecule has 0 spiro atoms. The minimum atomic E-state index is -0.440. The Hall–Kier alpha value is -0.680. The molecule has 0 amide bonds. The highest BCUT2D eigenvalue weighted by molar-refractivity contribution is 6.30. The molecule has 0 bridgehead atoms. The third kappa shape index (κ3) is 4.24. The molecule has 2 unspecified atom stereocenters. The van der Waals surface area contributed by atoms with Gasteiger partial charge in [0.2, 0.25) is 0 Å². The zero-order valence-electron chi connectivity index (χ0n) is 9.91. The van der Waals surface area contributed by atoms with Crippen LogP contribution in [0.25, 0.3) is 0 Å². The molecule has 0 heterocycles. The number of nitrogens with one attached hydrogen (secondary N) is 1. The van der Waals surface area contributed by atoms with E-state index in [0.717, 1.165) is 5.56 Å². The molecular weight excluding hydrogens is 245 g/mol. The molecule has 5 heteroatoms. The van der Waals surface area contributed by atoms with Gasteiger partial charge in [-0.25, -0.2) is 4.39 Å². The second kappa shape index (κ2) is 6.91. The minimum Gasteiger partial charge on any atom is -0.395 e. The van der Waals surface area contributed by atoms with Crippen molar-refractivity contribution in [1.82, 2.24) is 5.32 Å². The van der Waals surface area contributed by atoms with Gasteiger partial charge in [0, 0.05) is 13.2 Å². The number of halogens is 2. The molecule has 2 atom stereocenters. The van der Waals surface area contributed by atoms with Gasteiger partial charge >= 0.3 is 0 Å². The second-order valence-electron chi connectivity index (χ2n) is 3.90. The Morgan fingerprint density at radius 1 is 1.53 bits per heavy atom. The molecule has 1 aromatic rings. The lowest BCUT2D eigenvalue weighted by Crippen LogP contribution is -2.38. The average Bonchev–Trinajstić information content (AvgIpc) is 2.31. The van der Waals surface area contributed by atoms with Crippen molar-refractivity contribution in [2.24, 2.45) is 0 Å². The monoisotopic (exact) mass is 261 g/mol. The smallest absolute Gasteiger partial charge is 0.142 e. The zero-order chi connectivity index (χ0) is 12.8. The van der Waals surface area contributed by atoms with Gasteiger partial charge in [-0.1, -0.05) is 17.7 Å². The van der Waals surface area contributed by atoms with Crippen LogP contribution in [-0.4, -0.2) is 31.5 Å². The first-order valence-corrected chi connectivity index (χ1v) is 5.77. The first-order chi connectivity index (χ1) is 8.08. The summed E-state index contributed by atoms with van der Waals surface area (Å²) in [5.41, 5.74) is 0.779. The molecule has 17 heavy (non-hydrogen) atoms. The van der Waals surface area contributed by atoms with E-state index in [2.05, 4.69) is 5.32 Å². The van der Waals surface area contributed by atoms with Crippen molar-refractivity contribution in [3.8, 4) is 0 Å². The van der Waals surface area contributed by atoms with Crippen molar-refractivity contribution in [1.29, 1.82) is 0 Å². The van der Waals surface area contributed by atoms with E-state index < -0.39 is 5.82 Å². The average molecular weight is 262 g/mol. The van der Waals surface area contributed by atoms with Crippen LogP contribution in [0.2, 0.25) is 5.02 Å². The Morgan fingerprint density at radius 2 is 2.24 bits per heavy atom. The predicted molar refractivity (Wildman–Crippen MR) is 65.7 cm³/mol. The summed E-state index contributed by atoms with van der Waals surface area (Å²) < 4.78 is 18.2. The molecule has 0 saturated carbocycles. The fourth-order valence-electron chi connectivity index (χ4n) is 1.59. The number of rotatable bonds is 6. The lowest BCUT2D eigenvalue weighted by atomic mass is 10.1. The number of aliphatic hydroxyl groups is 1. The van der Waals surface area contributed by atoms with Crippen LogP contribution < -0.4 is 5.32 Å². The summed E-state index contributed by atoms with van der Waals surface area (Å²) in [5, 5.41) is 12.4. The Kier molecular flexibility index (Phi) is 5.85. The number of hydrogen-bond acceptors (Lipinski definition) is 3. The van der Waals surface area contributed by atoms with E-state index >= 15 is 0 Å². The van der Waals surface area contributed by atoms with Crippen molar-refractivity contribution < 1.29 is 14.2 Å². The molecule has 0 aliphatic carbocycles. The van der Waals surface area contributed by atoms with Crippen LogP contribution in [0.5, 0.6) is 0 Å². The maximum atomic E-state index is 13.3. The van der Waals surface area contributed by atoms with Crippen molar-refractivity contribution >= 4 is 11.6 Å². The maximum absolute atomic E-state index is 13.3. The molecule has 1 aromatic carbocycles. The van der Waals surface area contributed by atoms with Crippen LogP contribution >= 0.6 is 11.6 Å². The maximum Gasteiger partial charge on any atom is 0.142 e. The zero-order valence-corrected chi connectivity index (χ0v) is 10.7. The molecule has 0 fully saturated rings. The minimum absolute atomic E-state index is 0.0335. The molecule has 0 aliphatic heterocycles. The lowest BCUT2D eigenvalue weighted by molar-refractivity contribution is 0.123. The van der Waals surface area contributed by atoms with E-state index in [9.17, 15) is 4.39 Å². The first-order valence-electron chi connectivity index (χ1n) is 5.39. The molecule has 0 aliphatic rings. The van der Waals surface area contributed by atoms with Crippen LogP contribution in [0.4, 0.5) is 4.39 Å². The highest BCUT2D eigenvalue weighted by atomic mass is 35.5. The number of ether oxygens (including phenoxy) is 1. The van der Waals surface area contributed by atoms with Gasteiger partial charge < -0.3 is 15.2 Å². The van der Waals surface area contributed by atoms with E-state index in [1.807, 2.05) is 6.92 Å². The molecule has 2 N–H and O–H groups in total. The third-order valence-electron chi connectivity index (χ3n) is 2.52. The predicted octanol–water partition coefficient (Wildman–Crippen LogP) is 2.14. The molecule has 96 valence electrons. The van der Waals surface area contributed by atoms with E-state index in [0.29, 0.717) is 6.61 Å². The molecular formula is C12H17ClFNO2. The normalized spacial score (nSPS) is 14.6. The summed E-state index contributed by atoms with van der Waals surface area (Å²) in [6.45, 7) is 2.26. The van der Waals surface area contributed by atoms with Crippen molar-refractivity contribution in [2.45, 2.75) is 19.0 Å². The number of benzene rings is 1. The van der Waals surface area contributed by atoms with Crippen LogP contribution in [0.15, 0.2) is 18.2 Å². The largest absolute Gasteiger partial charge is 0.395 e. The van der Waals surface area contributed by atoms with E-state index in [4.69, 9.17) is 21.4 Å². The third-order valence-corrected chi connectivity index (χ3v) is 2.82. The molecule has 1 rings (SSSR count). The molecule has 0 saturated heterocycles. The van der Waals surface area contributed by atoms with Crippen molar-refractivity contribution in [2.75, 3.05) is 20.3 Å². The van der Waals surface area contributed by atoms with Gasteiger partial charge in [-0.05, 0) is 24.6 Å². The standard InChI is InChI=1S/C12H17ClFNO2/c1-8(15-10(6-16)7-17-2)9-3-4-11(13)12(14)5-9/h3-5,8,10,15-16H,6-7H2,1-2H3. The molecule has 0 radical (unpaired) electrons. The SMILES string of the molecule is COCC(CO)NC(C)c1ccc(Cl)c(F)c1. The van der Waals surface area contributed by atoms with Crippen LogP contribution in [0.1, 0.15) is 18.5 Å². The summed E-state index contributed by atoms with van der Waals surface area (Å²) in [6.07, 6.45) is 0. The Labute approximate surface area is 106 Å². The fourth-order valence-corrected chi connectivity index (χ4v) is 1.70. The topological polar surface area (TPSA) is 41.5 Å². The van der Waals surface area contributed by atoms with Gasteiger partial charge in [0.25, 0.3) is 0 Å². The molecule has 0 aromatic heterocycles. The van der Waals surface area contributed by atoms with Crippen LogP contribution in [0.3, 0.4) is 0 Å². The van der Waals surface area contributed by atoms with Crippen molar-refractivity contribution in [3.05, 3.63) is 34.6 Å². The molecule has 3 nitrogen and oxygen atoms in total. The Balaban J connectivity index is 2.68. The van der Waals surface area contributed by atoms with Crippen LogP contribution in [-0.2, 0) is 4.74 Å². The van der Waals surface area contributed by atoms with E-state index in [1.165, 1.54) is 12.1 Å². The number of methoxy groups -OCH3 is 1. The summed E-state index contributed by atoms with van der Waals surface area (Å²) in [7, 11) is 1.57. The summed E-state index contributed by atoms with van der Waals surface area (Å²) in [6, 6.07) is 4.41. The quantitative estimate of drug-likeness (QED) is 0.824. The summed E-state index contributed by atoms with van der Waals surface area (Å²) in [5.74, 6) is -0.440. The first kappa shape index (κ1) is 14.4. The number of hydrogen-bond donors (Lipinski definition) is 2. The van der Waals surface area contributed by atoms with Gasteiger partial charge in [0.15, 0.2) is 0 Å². The van der Waals surface area contributed by atoms with Gasteiger partial charge in [-0.15, -0.1) is 0 Å². The van der Waals surface area contributed by atoms with Gasteiger partial charge in [-0.2, -0.15) is 0 Å². The van der Waals surface area contributed by atoms with Gasteiger partial charge in [-0.3, -0.25) is 0 Å². The van der Waals surface area contributed by atoms with Crippen molar-refractivity contribution in [3.63, 3.8) is 0 Å². The Bertz CT molecular complexity index is 362. The van der Waals surface area contributed by atoms with E-state index in [1.54, 1.807) is 13.2 Å². The second-order valence-corrected chi connectivity index (χ2v) is 4.30. The summed E-state index contributed by atoms with van der Waals surface area (Å²) in [4.78, 5) is 0. The lowest BCUT2D eigenvalue weighted by Gasteiger charge is -2.21. The van der Waals surface area contributed by atoms with Gasteiger partial charge in [0.1, 0.15) is 5.82 Å². The number of aliphatic hydroxyl groups excluding tert-OH is 1. The fraction of sp³-hybridized carbons (Fsp3) is 0.500. The highest BCUT2D eigenvalue weighted by Crippen LogP contribution is 2.20. The Morgan fingerprint density at radius 3 is 2.76 bits per heavy atom. The van der Waals surface area contributed by atoms with Gasteiger partial charge in [0.05, 0.1) is 24.3 Å². The summed E-state index contributed by atoms with van der Waals surface area (Å²) >= 11 is 5.61. The highest BCUT2D eigenvalue weighted by Gasteiger charge is 2.13. The van der Waals surface area contributed by atoms with E-state index in [-0.39, 0.29) is 23.7 Å². The van der Waals surface area contributed by atoms with Crippen LogP contribution in [0, 0.1) is 5.82 Å².